The SMILES string of the molecule is C/[P+]([O-])=C1\NCCOC1OC(=O)c1ccccc1. The van der Waals surface area contributed by atoms with Gasteiger partial charge in [0.15, 0.2) is 0 Å². The maximum atomic E-state index is 11.8. The Morgan fingerprint density at radius 3 is 2.89 bits per heavy atom. The van der Waals surface area contributed by atoms with Crippen molar-refractivity contribution >= 4 is 19.2 Å². The summed E-state index contributed by atoms with van der Waals surface area (Å²) in [4.78, 5) is 23.3. The van der Waals surface area contributed by atoms with Crippen LogP contribution in [0.2, 0.25) is 0 Å². The molecule has 1 aromatic rings. The van der Waals surface area contributed by atoms with Crippen molar-refractivity contribution in [1.29, 1.82) is 0 Å². The summed E-state index contributed by atoms with van der Waals surface area (Å²) in [7, 11) is -1.60. The zero-order chi connectivity index (χ0) is 13.0. The fourth-order valence-corrected chi connectivity index (χ4v) is 2.36. The number of benzene rings is 1. The van der Waals surface area contributed by atoms with Gasteiger partial charge < -0.3 is 14.4 Å². The van der Waals surface area contributed by atoms with Crippen molar-refractivity contribution < 1.29 is 19.2 Å². The molecule has 0 aliphatic carbocycles. The Labute approximate surface area is 106 Å². The number of hydrogen-bond acceptors (Lipinski definition) is 4. The van der Waals surface area contributed by atoms with E-state index in [0.717, 1.165) is 0 Å². The van der Waals surface area contributed by atoms with E-state index < -0.39 is 20.0 Å². The monoisotopic (exact) mass is 267 g/mol. The van der Waals surface area contributed by atoms with Crippen LogP contribution >= 0.6 is 7.77 Å². The van der Waals surface area contributed by atoms with E-state index in [1.807, 2.05) is 6.07 Å². The third-order valence-corrected chi connectivity index (χ3v) is 3.51. The van der Waals surface area contributed by atoms with Crippen molar-refractivity contribution in [1.82, 2.24) is 5.32 Å². The fraction of sp³-hybridized carbons (Fsp3) is 0.333. The number of esters is 1. The smallest absolute Gasteiger partial charge is 0.340 e. The standard InChI is InChI=1S/C12H14NO4P/c1-18(15)10-12(16-8-7-13-10)17-11(14)9-5-3-2-4-6-9/h2-6,12-13H,7-8H2,1H3. The average Bonchev–Trinajstić information content (AvgIpc) is 2.40. The highest BCUT2D eigenvalue weighted by Crippen LogP contribution is 2.15. The van der Waals surface area contributed by atoms with Gasteiger partial charge in [0.2, 0.25) is 5.42 Å². The maximum absolute atomic E-state index is 11.8. The number of ether oxygens (including phenoxy) is 2. The van der Waals surface area contributed by atoms with Crippen LogP contribution < -0.4 is 10.2 Å². The Balaban J connectivity index is 2.09. The van der Waals surface area contributed by atoms with E-state index >= 15 is 0 Å². The Bertz CT molecular complexity index is 456. The highest BCUT2D eigenvalue weighted by atomic mass is 31.1. The van der Waals surface area contributed by atoms with Gasteiger partial charge in [0, 0.05) is 6.54 Å². The molecule has 2 rings (SSSR count). The van der Waals surface area contributed by atoms with E-state index in [2.05, 4.69) is 5.32 Å². The van der Waals surface area contributed by atoms with E-state index in [-0.39, 0.29) is 0 Å². The highest BCUT2D eigenvalue weighted by Gasteiger charge is 2.29. The molecule has 0 aromatic heterocycles. The van der Waals surface area contributed by atoms with Crippen LogP contribution in [0, 0.1) is 0 Å². The molecule has 1 aromatic carbocycles. The van der Waals surface area contributed by atoms with Crippen LogP contribution in [0.1, 0.15) is 10.4 Å². The molecule has 18 heavy (non-hydrogen) atoms. The molecule has 1 heterocycles. The molecule has 6 heteroatoms. The first kappa shape index (κ1) is 13.2. The molecule has 1 aliphatic rings. The lowest BCUT2D eigenvalue weighted by Gasteiger charge is -2.23. The predicted octanol–water partition coefficient (Wildman–Crippen LogP) is 0.306. The van der Waals surface area contributed by atoms with E-state index in [1.165, 1.54) is 0 Å². The Morgan fingerprint density at radius 2 is 2.22 bits per heavy atom. The van der Waals surface area contributed by atoms with Gasteiger partial charge in [0.25, 0.3) is 6.29 Å². The summed E-state index contributed by atoms with van der Waals surface area (Å²) in [6.07, 6.45) is -0.875. The summed E-state index contributed by atoms with van der Waals surface area (Å²) in [5.41, 5.74) is 0.873. The van der Waals surface area contributed by atoms with Crippen LogP contribution in [0.4, 0.5) is 0 Å². The number of morpholine rings is 1. The zero-order valence-corrected chi connectivity index (χ0v) is 10.9. The van der Waals surface area contributed by atoms with Gasteiger partial charge >= 0.3 is 5.97 Å². The van der Waals surface area contributed by atoms with Gasteiger partial charge in [-0.2, -0.15) is 0 Å². The van der Waals surface area contributed by atoms with Crippen LogP contribution in [-0.4, -0.2) is 37.5 Å². The van der Waals surface area contributed by atoms with Crippen LogP contribution in [0.25, 0.3) is 0 Å². The third-order valence-electron chi connectivity index (χ3n) is 2.46. The van der Waals surface area contributed by atoms with E-state index in [9.17, 15) is 9.69 Å². The summed E-state index contributed by atoms with van der Waals surface area (Å²) in [6.45, 7) is 2.54. The fourth-order valence-electron chi connectivity index (χ4n) is 1.60. The van der Waals surface area contributed by atoms with Crippen molar-refractivity contribution in [2.45, 2.75) is 6.29 Å². The molecule has 0 bridgehead atoms. The second-order valence-corrected chi connectivity index (χ2v) is 5.26. The molecule has 0 amide bonds. The topological polar surface area (TPSA) is 70.6 Å². The Morgan fingerprint density at radius 1 is 1.50 bits per heavy atom. The third kappa shape index (κ3) is 3.15. The molecule has 2 unspecified atom stereocenters. The minimum absolute atomic E-state index is 0.416. The number of carbonyl (C=O) groups is 1. The van der Waals surface area contributed by atoms with Crippen LogP contribution in [0.3, 0.4) is 0 Å². The first-order valence-electron chi connectivity index (χ1n) is 5.57. The molecular formula is C12H14NO4P. The second-order valence-electron chi connectivity index (χ2n) is 3.78. The molecule has 1 N–H and O–H groups in total. The molecule has 1 fully saturated rings. The maximum Gasteiger partial charge on any atom is 0.340 e. The van der Waals surface area contributed by atoms with Crippen molar-refractivity contribution in [3.63, 3.8) is 0 Å². The number of rotatable bonds is 2. The molecule has 0 saturated carbocycles. The van der Waals surface area contributed by atoms with Gasteiger partial charge in [-0.3, -0.25) is 0 Å². The lowest BCUT2D eigenvalue weighted by molar-refractivity contribution is -0.152. The van der Waals surface area contributed by atoms with Gasteiger partial charge in [-0.1, -0.05) is 18.2 Å². The van der Waals surface area contributed by atoms with Crippen LogP contribution in [-0.2, 0) is 9.47 Å². The molecule has 5 nitrogen and oxygen atoms in total. The summed E-state index contributed by atoms with van der Waals surface area (Å²) in [5.74, 6) is -0.487. The van der Waals surface area contributed by atoms with Gasteiger partial charge in [0.1, 0.15) is 0 Å². The largest absolute Gasteiger partial charge is 0.630 e. The Hall–Kier alpha value is -1.26. The minimum atomic E-state index is -1.60. The number of nitrogens with one attached hydrogen (secondary N) is 1. The van der Waals surface area contributed by atoms with E-state index in [0.29, 0.717) is 24.1 Å². The predicted molar refractivity (Wildman–Crippen MR) is 67.5 cm³/mol. The molecule has 0 spiro atoms. The van der Waals surface area contributed by atoms with Crippen molar-refractivity contribution in [3.05, 3.63) is 35.9 Å². The van der Waals surface area contributed by atoms with Gasteiger partial charge in [0.05, 0.1) is 26.6 Å². The van der Waals surface area contributed by atoms with Crippen molar-refractivity contribution in [2.75, 3.05) is 19.8 Å². The average molecular weight is 267 g/mol. The lowest BCUT2D eigenvalue weighted by Crippen LogP contribution is -2.46. The normalized spacial score (nSPS) is 22.4. The van der Waals surface area contributed by atoms with Crippen molar-refractivity contribution in [2.24, 2.45) is 0 Å². The summed E-state index contributed by atoms with van der Waals surface area (Å²) in [6, 6.07) is 8.63. The molecule has 0 radical (unpaired) electrons. The zero-order valence-electron chi connectivity index (χ0n) is 9.96. The molecule has 1 saturated heterocycles. The first-order valence-corrected chi connectivity index (χ1v) is 7.28. The van der Waals surface area contributed by atoms with Crippen LogP contribution in [0.5, 0.6) is 0 Å². The van der Waals surface area contributed by atoms with Crippen LogP contribution in [0.15, 0.2) is 30.3 Å². The quantitative estimate of drug-likeness (QED) is 0.616. The molecule has 96 valence electrons. The number of hydrogen-bond donors (Lipinski definition) is 1. The van der Waals surface area contributed by atoms with E-state index in [1.54, 1.807) is 30.9 Å². The van der Waals surface area contributed by atoms with Gasteiger partial charge in [-0.15, -0.1) is 0 Å². The summed E-state index contributed by atoms with van der Waals surface area (Å²) in [5, 5.41) is 2.96. The molecular weight excluding hydrogens is 253 g/mol. The Kier molecular flexibility index (Phi) is 4.44. The molecule has 1 aliphatic heterocycles. The number of carbonyl (C=O) groups excluding carboxylic acids is 1. The van der Waals surface area contributed by atoms with Gasteiger partial charge in [-0.25, -0.2) is 10.1 Å². The minimum Gasteiger partial charge on any atom is -0.630 e. The lowest BCUT2D eigenvalue weighted by atomic mass is 10.2. The highest BCUT2D eigenvalue weighted by molar-refractivity contribution is 7.51. The first-order chi connectivity index (χ1) is 8.68. The molecule has 2 atom stereocenters. The van der Waals surface area contributed by atoms with Crippen molar-refractivity contribution in [3.8, 4) is 0 Å². The second kappa shape index (κ2) is 6.07. The summed E-state index contributed by atoms with van der Waals surface area (Å²) < 4.78 is 10.5. The van der Waals surface area contributed by atoms with Gasteiger partial charge in [-0.05, 0) is 12.1 Å². The summed E-state index contributed by atoms with van der Waals surface area (Å²) >= 11 is 0. The van der Waals surface area contributed by atoms with E-state index in [4.69, 9.17) is 9.47 Å².